The summed E-state index contributed by atoms with van der Waals surface area (Å²) in [5, 5.41) is 15.2. The Balaban J connectivity index is 1.47. The molecule has 1 aromatic carbocycles. The van der Waals surface area contributed by atoms with Gasteiger partial charge in [-0.1, -0.05) is 12.1 Å². The van der Waals surface area contributed by atoms with Crippen molar-refractivity contribution in [2.45, 2.75) is 0 Å². The van der Waals surface area contributed by atoms with Gasteiger partial charge in [0.15, 0.2) is 6.61 Å². The lowest BCUT2D eigenvalue weighted by Crippen LogP contribution is -2.44. The standard InChI is InChI=1S/C16H12N6O4S/c23-13-7-21(11-4-2-1-3-10(11)18-13)14(24)8-26-16(25)15-12(5-6-27-15)22-9-17-19-20-22/h1-6,9H,7-8H2,(H,18,23). The number of tetrazole rings is 1. The number of thiophene rings is 1. The Morgan fingerprint density at radius 1 is 1.22 bits per heavy atom. The first-order valence-corrected chi connectivity index (χ1v) is 8.68. The smallest absolute Gasteiger partial charge is 0.351 e. The second-order valence-electron chi connectivity index (χ2n) is 5.51. The molecule has 0 atom stereocenters. The van der Waals surface area contributed by atoms with Gasteiger partial charge in [0, 0.05) is 0 Å². The molecule has 0 unspecified atom stereocenters. The van der Waals surface area contributed by atoms with Gasteiger partial charge in [0.2, 0.25) is 5.91 Å². The minimum absolute atomic E-state index is 0.137. The number of amides is 2. The highest BCUT2D eigenvalue weighted by Gasteiger charge is 2.28. The van der Waals surface area contributed by atoms with Crippen molar-refractivity contribution < 1.29 is 19.1 Å². The summed E-state index contributed by atoms with van der Waals surface area (Å²) in [6.07, 6.45) is 1.35. The average Bonchev–Trinajstić information content (AvgIpc) is 3.36. The molecule has 0 fully saturated rings. The fourth-order valence-electron chi connectivity index (χ4n) is 2.63. The topological polar surface area (TPSA) is 119 Å². The van der Waals surface area contributed by atoms with Gasteiger partial charge in [-0.05, 0) is 34.0 Å². The third-order valence-electron chi connectivity index (χ3n) is 3.82. The molecule has 1 aliphatic rings. The summed E-state index contributed by atoms with van der Waals surface area (Å²) in [7, 11) is 0. The van der Waals surface area contributed by atoms with Gasteiger partial charge in [-0.25, -0.2) is 4.79 Å². The number of ether oxygens (including phenoxy) is 1. The molecule has 3 heterocycles. The third kappa shape index (κ3) is 3.27. The molecule has 27 heavy (non-hydrogen) atoms. The number of nitrogens with one attached hydrogen (secondary N) is 1. The van der Waals surface area contributed by atoms with Crippen LogP contribution in [0, 0.1) is 0 Å². The summed E-state index contributed by atoms with van der Waals surface area (Å²) in [6, 6.07) is 8.59. The van der Waals surface area contributed by atoms with Crippen LogP contribution >= 0.6 is 11.3 Å². The van der Waals surface area contributed by atoms with Crippen molar-refractivity contribution in [3.05, 3.63) is 46.9 Å². The maximum absolute atomic E-state index is 12.5. The molecule has 0 saturated carbocycles. The molecule has 136 valence electrons. The fraction of sp³-hybridized carbons (Fsp3) is 0.125. The van der Waals surface area contributed by atoms with Crippen molar-refractivity contribution in [2.75, 3.05) is 23.4 Å². The highest BCUT2D eigenvalue weighted by molar-refractivity contribution is 7.12. The maximum atomic E-state index is 12.5. The molecule has 0 radical (unpaired) electrons. The number of nitrogens with zero attached hydrogens (tertiary/aromatic N) is 5. The number of hydrogen-bond donors (Lipinski definition) is 1. The Morgan fingerprint density at radius 2 is 2.07 bits per heavy atom. The minimum atomic E-state index is -0.668. The van der Waals surface area contributed by atoms with E-state index in [1.807, 2.05) is 0 Å². The number of para-hydroxylation sites is 2. The predicted octanol–water partition coefficient (Wildman–Crippen LogP) is 0.866. The van der Waals surface area contributed by atoms with Crippen molar-refractivity contribution in [3.63, 3.8) is 0 Å². The molecule has 10 nitrogen and oxygen atoms in total. The largest absolute Gasteiger partial charge is 0.451 e. The summed E-state index contributed by atoms with van der Waals surface area (Å²) < 4.78 is 6.49. The molecule has 2 aromatic heterocycles. The molecular formula is C16H12N6O4S. The molecule has 0 aliphatic carbocycles. The van der Waals surface area contributed by atoms with Crippen LogP contribution in [0.5, 0.6) is 0 Å². The lowest BCUT2D eigenvalue weighted by Gasteiger charge is -2.28. The van der Waals surface area contributed by atoms with E-state index in [9.17, 15) is 14.4 Å². The first-order chi connectivity index (χ1) is 13.1. The van der Waals surface area contributed by atoms with Crippen LogP contribution in [0.4, 0.5) is 11.4 Å². The molecule has 11 heteroatoms. The van der Waals surface area contributed by atoms with Gasteiger partial charge in [-0.15, -0.1) is 16.4 Å². The number of esters is 1. The molecular weight excluding hydrogens is 372 g/mol. The van der Waals surface area contributed by atoms with Gasteiger partial charge in [0.1, 0.15) is 17.7 Å². The summed E-state index contributed by atoms with van der Waals surface area (Å²) >= 11 is 1.15. The summed E-state index contributed by atoms with van der Waals surface area (Å²) in [5.74, 6) is -1.47. The van der Waals surface area contributed by atoms with Crippen molar-refractivity contribution in [1.29, 1.82) is 0 Å². The molecule has 0 spiro atoms. The molecule has 1 N–H and O–H groups in total. The molecule has 0 bridgehead atoms. The van der Waals surface area contributed by atoms with Gasteiger partial charge in [0.05, 0.1) is 17.1 Å². The second kappa shape index (κ2) is 6.96. The minimum Gasteiger partial charge on any atom is -0.451 e. The van der Waals surface area contributed by atoms with Gasteiger partial charge < -0.3 is 10.1 Å². The Morgan fingerprint density at radius 3 is 2.89 bits per heavy atom. The van der Waals surface area contributed by atoms with Crippen molar-refractivity contribution in [2.24, 2.45) is 0 Å². The summed E-state index contributed by atoms with van der Waals surface area (Å²) in [5.41, 5.74) is 1.56. The van der Waals surface area contributed by atoms with Gasteiger partial charge in [0.25, 0.3) is 5.91 Å². The average molecular weight is 384 g/mol. The van der Waals surface area contributed by atoms with E-state index in [0.29, 0.717) is 17.1 Å². The molecule has 0 saturated heterocycles. The fourth-order valence-corrected chi connectivity index (χ4v) is 3.40. The number of fused-ring (bicyclic) bond motifs is 1. The monoisotopic (exact) mass is 384 g/mol. The summed E-state index contributed by atoms with van der Waals surface area (Å²) in [4.78, 5) is 38.3. The number of aromatic nitrogens is 4. The number of hydrogen-bond acceptors (Lipinski definition) is 8. The molecule has 2 amide bonds. The van der Waals surface area contributed by atoms with E-state index in [-0.39, 0.29) is 17.3 Å². The van der Waals surface area contributed by atoms with Crippen molar-refractivity contribution in [1.82, 2.24) is 20.2 Å². The SMILES string of the molecule is O=C1CN(C(=O)COC(=O)c2sccc2-n2cnnn2)c2ccccc2N1. The zero-order chi connectivity index (χ0) is 18.8. The van der Waals surface area contributed by atoms with Crippen molar-refractivity contribution >= 4 is 40.5 Å². The van der Waals surface area contributed by atoms with Gasteiger partial charge in [-0.2, -0.15) is 4.68 Å². The normalized spacial score (nSPS) is 13.0. The number of anilines is 2. The molecule has 4 rings (SSSR count). The number of rotatable bonds is 4. The number of benzene rings is 1. The number of carbonyl (C=O) groups excluding carboxylic acids is 3. The van der Waals surface area contributed by atoms with Crippen LogP contribution < -0.4 is 10.2 Å². The van der Waals surface area contributed by atoms with Gasteiger partial charge in [-0.3, -0.25) is 14.5 Å². The van der Waals surface area contributed by atoms with Crippen LogP contribution in [0.3, 0.4) is 0 Å². The first-order valence-electron chi connectivity index (χ1n) is 7.80. The third-order valence-corrected chi connectivity index (χ3v) is 4.71. The maximum Gasteiger partial charge on any atom is 0.351 e. The molecule has 3 aromatic rings. The van der Waals surface area contributed by atoms with Crippen LogP contribution in [0.1, 0.15) is 9.67 Å². The summed E-state index contributed by atoms with van der Waals surface area (Å²) in [6.45, 7) is -0.629. The highest BCUT2D eigenvalue weighted by Crippen LogP contribution is 2.29. The Kier molecular flexibility index (Phi) is 4.34. The van der Waals surface area contributed by atoms with E-state index in [2.05, 4.69) is 20.8 Å². The second-order valence-corrected chi connectivity index (χ2v) is 6.43. The van der Waals surface area contributed by atoms with Crippen molar-refractivity contribution in [3.8, 4) is 5.69 Å². The Hall–Kier alpha value is -3.60. The zero-order valence-electron chi connectivity index (χ0n) is 13.7. The van der Waals surface area contributed by atoms with E-state index >= 15 is 0 Å². The quantitative estimate of drug-likeness (QED) is 0.663. The Bertz CT molecular complexity index is 1020. The van der Waals surface area contributed by atoms with E-state index in [1.165, 1.54) is 15.9 Å². The van der Waals surface area contributed by atoms with Crippen LogP contribution in [-0.2, 0) is 14.3 Å². The predicted molar refractivity (Wildman–Crippen MR) is 94.7 cm³/mol. The van der Waals surface area contributed by atoms with Crippen LogP contribution in [-0.4, -0.2) is 51.1 Å². The van der Waals surface area contributed by atoms with Crippen LogP contribution in [0.15, 0.2) is 42.0 Å². The van der Waals surface area contributed by atoms with Gasteiger partial charge >= 0.3 is 5.97 Å². The van der Waals surface area contributed by atoms with E-state index in [4.69, 9.17) is 4.74 Å². The zero-order valence-corrected chi connectivity index (χ0v) is 14.5. The highest BCUT2D eigenvalue weighted by atomic mass is 32.1. The lowest BCUT2D eigenvalue weighted by atomic mass is 10.2. The van der Waals surface area contributed by atoms with Crippen LogP contribution in [0.2, 0.25) is 0 Å². The van der Waals surface area contributed by atoms with E-state index in [1.54, 1.807) is 35.7 Å². The van der Waals surface area contributed by atoms with Crippen LogP contribution in [0.25, 0.3) is 5.69 Å². The Labute approximate surface area is 156 Å². The lowest BCUT2D eigenvalue weighted by molar-refractivity contribution is -0.124. The number of carbonyl (C=O) groups is 3. The first kappa shape index (κ1) is 16.8. The van der Waals surface area contributed by atoms with E-state index in [0.717, 1.165) is 11.3 Å². The van der Waals surface area contributed by atoms with E-state index < -0.39 is 18.5 Å². The molecule has 1 aliphatic heterocycles.